The number of carbonyl (C=O) groups is 1. The molecule has 0 N–H and O–H groups in total. The lowest BCUT2D eigenvalue weighted by atomic mass is 10.1. The van der Waals surface area contributed by atoms with Gasteiger partial charge in [0.05, 0.1) is 12.7 Å². The molecule has 0 spiro atoms. The zero-order chi connectivity index (χ0) is 11.1. The molecule has 3 heteroatoms. The molecule has 0 aliphatic heterocycles. The lowest BCUT2D eigenvalue weighted by Gasteiger charge is -2.02. The van der Waals surface area contributed by atoms with E-state index in [9.17, 15) is 4.79 Å². The van der Waals surface area contributed by atoms with E-state index in [2.05, 4.69) is 20.7 Å². The summed E-state index contributed by atoms with van der Waals surface area (Å²) in [4.78, 5) is 11.1. The molecule has 2 nitrogen and oxygen atoms in total. The van der Waals surface area contributed by atoms with Crippen molar-refractivity contribution in [3.63, 3.8) is 0 Å². The number of benzene rings is 1. The third-order valence-electron chi connectivity index (χ3n) is 1.59. The third-order valence-corrected chi connectivity index (χ3v) is 2.09. The van der Waals surface area contributed by atoms with Gasteiger partial charge in [0.2, 0.25) is 0 Å². The van der Waals surface area contributed by atoms with E-state index in [-0.39, 0.29) is 5.97 Å². The van der Waals surface area contributed by atoms with Gasteiger partial charge in [-0.2, -0.15) is 0 Å². The molecule has 0 aliphatic carbocycles. The molecule has 0 amide bonds. The average Bonchev–Trinajstić information content (AvgIpc) is 2.20. The summed E-state index contributed by atoms with van der Waals surface area (Å²) >= 11 is 3.32. The highest BCUT2D eigenvalue weighted by Gasteiger charge is 2.07. The second kappa shape index (κ2) is 6.60. The molecule has 1 aromatic carbocycles. The zero-order valence-electron chi connectivity index (χ0n) is 8.93. The van der Waals surface area contributed by atoms with Gasteiger partial charge < -0.3 is 4.74 Å². The summed E-state index contributed by atoms with van der Waals surface area (Å²) in [5, 5.41) is 0. The molecule has 0 aromatic heterocycles. The van der Waals surface area contributed by atoms with Gasteiger partial charge in [-0.05, 0) is 30.7 Å². The number of hydrogen-bond donors (Lipinski definition) is 0. The largest absolute Gasteiger partial charge is 0.465 e. The third kappa shape index (κ3) is 3.50. The van der Waals surface area contributed by atoms with Crippen molar-refractivity contribution in [2.75, 3.05) is 7.11 Å². The molecule has 1 aromatic rings. The highest BCUT2D eigenvalue weighted by atomic mass is 79.9. The number of rotatable bonds is 1. The molecule has 0 radical (unpaired) electrons. The predicted octanol–water partition coefficient (Wildman–Crippen LogP) is 3.57. The van der Waals surface area contributed by atoms with Gasteiger partial charge in [0.1, 0.15) is 0 Å². The minimum absolute atomic E-state index is 0.292. The van der Waals surface area contributed by atoms with Crippen LogP contribution in [0.5, 0.6) is 0 Å². The van der Waals surface area contributed by atoms with Crippen molar-refractivity contribution in [1.82, 2.24) is 0 Å². The second-order valence-corrected chi connectivity index (χ2v) is 3.37. The monoisotopic (exact) mass is 258 g/mol. The first kappa shape index (κ1) is 13.2. The lowest BCUT2D eigenvalue weighted by molar-refractivity contribution is 0.0600. The van der Waals surface area contributed by atoms with E-state index in [1.807, 2.05) is 32.9 Å². The summed E-state index contributed by atoms with van der Waals surface area (Å²) < 4.78 is 5.57. The van der Waals surface area contributed by atoms with Gasteiger partial charge in [0, 0.05) is 4.47 Å². The standard InChI is InChI=1S/C9H9BrO2.C2H6/c1-6-5-7(10)3-4-8(6)9(11)12-2;1-2/h3-5H,1-2H3;1-2H3. The minimum Gasteiger partial charge on any atom is -0.465 e. The molecule has 0 saturated heterocycles. The Hall–Kier alpha value is -0.830. The summed E-state index contributed by atoms with van der Waals surface area (Å²) in [6.45, 7) is 5.87. The lowest BCUT2D eigenvalue weighted by Crippen LogP contribution is -2.03. The number of aryl methyl sites for hydroxylation is 1. The number of carbonyl (C=O) groups excluding carboxylic acids is 1. The van der Waals surface area contributed by atoms with E-state index in [1.54, 1.807) is 6.07 Å². The van der Waals surface area contributed by atoms with Crippen molar-refractivity contribution in [2.24, 2.45) is 0 Å². The van der Waals surface area contributed by atoms with Crippen LogP contribution in [0.4, 0.5) is 0 Å². The molecule has 0 aliphatic rings. The fourth-order valence-corrected chi connectivity index (χ4v) is 1.44. The first-order chi connectivity index (χ1) is 6.65. The topological polar surface area (TPSA) is 26.3 Å². The molecular formula is C11H15BrO2. The Kier molecular flexibility index (Phi) is 6.21. The van der Waals surface area contributed by atoms with Gasteiger partial charge in [0.25, 0.3) is 0 Å². The predicted molar refractivity (Wildman–Crippen MR) is 61.6 cm³/mol. The maximum absolute atomic E-state index is 11.1. The van der Waals surface area contributed by atoms with Crippen molar-refractivity contribution in [2.45, 2.75) is 20.8 Å². The van der Waals surface area contributed by atoms with E-state index in [0.717, 1.165) is 10.0 Å². The van der Waals surface area contributed by atoms with Crippen LogP contribution >= 0.6 is 15.9 Å². The molecule has 0 atom stereocenters. The van der Waals surface area contributed by atoms with Crippen LogP contribution < -0.4 is 0 Å². The van der Waals surface area contributed by atoms with Gasteiger partial charge in [-0.1, -0.05) is 29.8 Å². The van der Waals surface area contributed by atoms with Crippen molar-refractivity contribution in [3.05, 3.63) is 33.8 Å². The van der Waals surface area contributed by atoms with Crippen LogP contribution in [0.15, 0.2) is 22.7 Å². The molecule has 0 fully saturated rings. The molecule has 0 unspecified atom stereocenters. The number of methoxy groups -OCH3 is 1. The van der Waals surface area contributed by atoms with E-state index in [0.29, 0.717) is 5.56 Å². The first-order valence-electron chi connectivity index (χ1n) is 4.49. The summed E-state index contributed by atoms with van der Waals surface area (Å²) in [5.74, 6) is -0.292. The normalized spacial score (nSPS) is 8.64. The Bertz CT molecular complexity index is 308. The summed E-state index contributed by atoms with van der Waals surface area (Å²) in [6, 6.07) is 5.44. The van der Waals surface area contributed by atoms with Crippen LogP contribution in [0.1, 0.15) is 29.8 Å². The molecule has 0 saturated carbocycles. The molecule has 0 heterocycles. The number of ether oxygens (including phenoxy) is 1. The van der Waals surface area contributed by atoms with E-state index in [4.69, 9.17) is 0 Å². The fourth-order valence-electron chi connectivity index (χ4n) is 0.966. The van der Waals surface area contributed by atoms with Gasteiger partial charge in [-0.3, -0.25) is 0 Å². The van der Waals surface area contributed by atoms with Gasteiger partial charge in [-0.15, -0.1) is 0 Å². The molecule has 78 valence electrons. The summed E-state index contributed by atoms with van der Waals surface area (Å²) in [6.07, 6.45) is 0. The number of halogens is 1. The van der Waals surface area contributed by atoms with Crippen LogP contribution in [0.25, 0.3) is 0 Å². The number of hydrogen-bond acceptors (Lipinski definition) is 2. The molecule has 14 heavy (non-hydrogen) atoms. The smallest absolute Gasteiger partial charge is 0.338 e. The van der Waals surface area contributed by atoms with Crippen molar-refractivity contribution >= 4 is 21.9 Å². The zero-order valence-corrected chi connectivity index (χ0v) is 10.5. The Morgan fingerprint density at radius 1 is 1.36 bits per heavy atom. The Balaban J connectivity index is 0.000000791. The molecule has 1 rings (SSSR count). The highest BCUT2D eigenvalue weighted by Crippen LogP contribution is 2.16. The van der Waals surface area contributed by atoms with Crippen LogP contribution in [0.3, 0.4) is 0 Å². The van der Waals surface area contributed by atoms with Crippen LogP contribution in [-0.4, -0.2) is 13.1 Å². The van der Waals surface area contributed by atoms with Crippen molar-refractivity contribution < 1.29 is 9.53 Å². The summed E-state index contributed by atoms with van der Waals surface area (Å²) in [5.41, 5.74) is 1.52. The van der Waals surface area contributed by atoms with Crippen LogP contribution in [0.2, 0.25) is 0 Å². The Morgan fingerprint density at radius 2 is 1.93 bits per heavy atom. The Labute approximate surface area is 93.4 Å². The molecule has 0 bridgehead atoms. The quantitative estimate of drug-likeness (QED) is 0.720. The van der Waals surface area contributed by atoms with E-state index in [1.165, 1.54) is 7.11 Å². The van der Waals surface area contributed by atoms with Crippen LogP contribution in [0, 0.1) is 6.92 Å². The fraction of sp³-hybridized carbons (Fsp3) is 0.364. The van der Waals surface area contributed by atoms with E-state index < -0.39 is 0 Å². The average molecular weight is 259 g/mol. The van der Waals surface area contributed by atoms with E-state index >= 15 is 0 Å². The maximum Gasteiger partial charge on any atom is 0.338 e. The summed E-state index contributed by atoms with van der Waals surface area (Å²) in [7, 11) is 1.38. The molecular weight excluding hydrogens is 244 g/mol. The highest BCUT2D eigenvalue weighted by molar-refractivity contribution is 9.10. The number of esters is 1. The van der Waals surface area contributed by atoms with Crippen LogP contribution in [-0.2, 0) is 4.74 Å². The van der Waals surface area contributed by atoms with Crippen molar-refractivity contribution in [3.8, 4) is 0 Å². The Morgan fingerprint density at radius 3 is 2.36 bits per heavy atom. The second-order valence-electron chi connectivity index (χ2n) is 2.45. The van der Waals surface area contributed by atoms with Gasteiger partial charge >= 0.3 is 5.97 Å². The minimum atomic E-state index is -0.292. The van der Waals surface area contributed by atoms with Gasteiger partial charge in [0.15, 0.2) is 0 Å². The van der Waals surface area contributed by atoms with Gasteiger partial charge in [-0.25, -0.2) is 4.79 Å². The van der Waals surface area contributed by atoms with Crippen molar-refractivity contribution in [1.29, 1.82) is 0 Å². The maximum atomic E-state index is 11.1. The first-order valence-corrected chi connectivity index (χ1v) is 5.29. The SMILES string of the molecule is CC.COC(=O)c1ccc(Br)cc1C.